The second-order valence-electron chi connectivity index (χ2n) is 10.9. The molecule has 3 aliphatic rings. The number of piperidine rings is 1. The van der Waals surface area contributed by atoms with Crippen molar-refractivity contribution in [3.8, 4) is 17.1 Å². The Balaban J connectivity index is 1.07. The summed E-state index contributed by atoms with van der Waals surface area (Å²) < 4.78 is 19.4. The topological polar surface area (TPSA) is 129 Å². The number of amides is 2. The van der Waals surface area contributed by atoms with Crippen molar-refractivity contribution in [2.75, 3.05) is 20.2 Å². The first-order valence-corrected chi connectivity index (χ1v) is 13.2. The first kappa shape index (κ1) is 24.6. The van der Waals surface area contributed by atoms with Crippen LogP contribution in [0.25, 0.3) is 11.3 Å². The predicted molar refractivity (Wildman–Crippen MR) is 136 cm³/mol. The van der Waals surface area contributed by atoms with Crippen molar-refractivity contribution in [2.45, 2.75) is 57.4 Å². The number of fused-ring (bicyclic) bond motifs is 1. The molecule has 1 saturated carbocycles. The van der Waals surface area contributed by atoms with Gasteiger partial charge in [0.1, 0.15) is 0 Å². The van der Waals surface area contributed by atoms with Crippen LogP contribution in [0.5, 0.6) is 5.88 Å². The molecule has 2 atom stereocenters. The van der Waals surface area contributed by atoms with Gasteiger partial charge < -0.3 is 15.0 Å². The van der Waals surface area contributed by atoms with E-state index in [-0.39, 0.29) is 40.4 Å². The number of pyridine rings is 1. The lowest BCUT2D eigenvalue weighted by molar-refractivity contribution is -0.127. The maximum atomic E-state index is 14.4. The molecular formula is C27H32FN7O3. The minimum absolute atomic E-state index is 0.0854. The highest BCUT2D eigenvalue weighted by atomic mass is 19.1. The highest BCUT2D eigenvalue weighted by Crippen LogP contribution is 2.50. The quantitative estimate of drug-likeness (QED) is 0.458. The Morgan fingerprint density at radius 2 is 2.08 bits per heavy atom. The van der Waals surface area contributed by atoms with E-state index in [4.69, 9.17) is 4.74 Å². The van der Waals surface area contributed by atoms with Crippen molar-refractivity contribution < 1.29 is 18.7 Å². The van der Waals surface area contributed by atoms with Crippen LogP contribution in [-0.4, -0.2) is 67.8 Å². The van der Waals surface area contributed by atoms with Crippen LogP contribution in [0.1, 0.15) is 59.5 Å². The minimum Gasteiger partial charge on any atom is -0.481 e. The van der Waals surface area contributed by atoms with Crippen molar-refractivity contribution in [3.05, 3.63) is 46.8 Å². The lowest BCUT2D eigenvalue weighted by atomic mass is 9.85. The molecule has 1 unspecified atom stereocenters. The van der Waals surface area contributed by atoms with Gasteiger partial charge >= 0.3 is 0 Å². The summed E-state index contributed by atoms with van der Waals surface area (Å²) in [6.07, 6.45) is 7.05. The summed E-state index contributed by atoms with van der Waals surface area (Å²) in [5.74, 6) is -0.0672. The average molecular weight is 522 g/mol. The molecule has 11 heteroatoms. The number of ether oxygens (including phenoxy) is 1. The summed E-state index contributed by atoms with van der Waals surface area (Å²) in [6, 6.07) is 3.03. The molecule has 10 nitrogen and oxygen atoms in total. The zero-order chi connectivity index (χ0) is 26.4. The molecule has 3 aromatic heterocycles. The third-order valence-corrected chi connectivity index (χ3v) is 8.49. The molecule has 4 heterocycles. The van der Waals surface area contributed by atoms with Gasteiger partial charge in [-0.1, -0.05) is 0 Å². The summed E-state index contributed by atoms with van der Waals surface area (Å²) in [5.41, 5.74) is 4.13. The number of aromatic amines is 2. The third kappa shape index (κ3) is 4.43. The zero-order valence-corrected chi connectivity index (χ0v) is 21.6. The largest absolute Gasteiger partial charge is 0.481 e. The van der Waals surface area contributed by atoms with Crippen molar-refractivity contribution in [1.29, 1.82) is 0 Å². The summed E-state index contributed by atoms with van der Waals surface area (Å²) in [5, 5.41) is 17.6. The Morgan fingerprint density at radius 1 is 1.24 bits per heavy atom. The van der Waals surface area contributed by atoms with Gasteiger partial charge in [0.2, 0.25) is 11.8 Å². The van der Waals surface area contributed by atoms with Crippen LogP contribution >= 0.6 is 0 Å². The molecule has 0 radical (unpaired) electrons. The summed E-state index contributed by atoms with van der Waals surface area (Å²) in [7, 11) is 1.46. The van der Waals surface area contributed by atoms with Gasteiger partial charge in [-0.05, 0) is 69.4 Å². The summed E-state index contributed by atoms with van der Waals surface area (Å²) in [4.78, 5) is 32.3. The van der Waals surface area contributed by atoms with Crippen LogP contribution < -0.4 is 10.1 Å². The van der Waals surface area contributed by atoms with Gasteiger partial charge in [0.05, 0.1) is 24.7 Å². The fourth-order valence-corrected chi connectivity index (χ4v) is 6.08. The van der Waals surface area contributed by atoms with Gasteiger partial charge in [-0.3, -0.25) is 19.8 Å². The number of H-pyrrole nitrogens is 2. The Kier molecular flexibility index (Phi) is 6.16. The SMILES string of the molecule is COc1cc(-c2cc(C(=O)N3CC[C@H](C(=O)NCC4CCc5[nH]nc(C)c5C4)CC34CC4)n[nH]2)c(F)cn1. The lowest BCUT2D eigenvalue weighted by Crippen LogP contribution is -2.51. The molecule has 1 aliphatic heterocycles. The molecule has 2 aliphatic carbocycles. The van der Waals surface area contributed by atoms with Gasteiger partial charge in [-0.2, -0.15) is 10.2 Å². The molecule has 38 heavy (non-hydrogen) atoms. The van der Waals surface area contributed by atoms with Crippen molar-refractivity contribution in [3.63, 3.8) is 0 Å². The van der Waals surface area contributed by atoms with Crippen LogP contribution in [0.2, 0.25) is 0 Å². The van der Waals surface area contributed by atoms with Crippen molar-refractivity contribution in [2.24, 2.45) is 11.8 Å². The van der Waals surface area contributed by atoms with Crippen LogP contribution in [0.15, 0.2) is 18.3 Å². The zero-order valence-electron chi connectivity index (χ0n) is 21.6. The van der Waals surface area contributed by atoms with Crippen molar-refractivity contribution >= 4 is 11.8 Å². The molecule has 3 N–H and O–H groups in total. The number of hydrogen-bond acceptors (Lipinski definition) is 6. The van der Waals surface area contributed by atoms with Crippen LogP contribution in [0.3, 0.4) is 0 Å². The highest BCUT2D eigenvalue weighted by molar-refractivity contribution is 5.94. The number of aromatic nitrogens is 5. The van der Waals surface area contributed by atoms with E-state index in [0.717, 1.165) is 44.0 Å². The van der Waals surface area contributed by atoms with E-state index in [1.165, 1.54) is 24.4 Å². The van der Waals surface area contributed by atoms with Crippen LogP contribution in [-0.2, 0) is 17.6 Å². The number of nitrogens with zero attached hydrogens (tertiary/aromatic N) is 4. The average Bonchev–Trinajstić information content (AvgIpc) is 3.34. The number of carbonyl (C=O) groups is 2. The van der Waals surface area contributed by atoms with E-state index < -0.39 is 5.82 Å². The van der Waals surface area contributed by atoms with Crippen LogP contribution in [0, 0.1) is 24.6 Å². The Hall–Kier alpha value is -3.76. The standard InChI is InChI=1S/C27H32FN7O3/c1-15-18-9-16(3-4-21(18)32-31-15)13-30-25(36)17-5-8-35(27(12-17)6-7-27)26(37)23-11-22(33-34-23)19-10-24(38-2)29-14-20(19)28/h10-11,14,16-17H,3-9,12-13H2,1-2H3,(H,30,36)(H,31,32)(H,33,34)/t16?,17-/m0/s1. The number of hydrogen-bond donors (Lipinski definition) is 3. The fraction of sp³-hybridized carbons (Fsp3) is 0.519. The molecule has 2 amide bonds. The van der Waals surface area contributed by atoms with E-state index in [0.29, 0.717) is 37.5 Å². The Morgan fingerprint density at radius 3 is 2.87 bits per heavy atom. The molecule has 200 valence electrons. The molecular weight excluding hydrogens is 489 g/mol. The third-order valence-electron chi connectivity index (χ3n) is 8.49. The number of rotatable bonds is 6. The van der Waals surface area contributed by atoms with Gasteiger partial charge in [0.15, 0.2) is 11.5 Å². The normalized spacial score (nSPS) is 21.7. The van der Waals surface area contributed by atoms with E-state index in [9.17, 15) is 14.0 Å². The van der Waals surface area contributed by atoms with E-state index in [1.807, 2.05) is 11.8 Å². The number of nitrogens with one attached hydrogen (secondary N) is 3. The van der Waals surface area contributed by atoms with Gasteiger partial charge in [0.25, 0.3) is 5.91 Å². The smallest absolute Gasteiger partial charge is 0.274 e. The summed E-state index contributed by atoms with van der Waals surface area (Å²) >= 11 is 0. The van der Waals surface area contributed by atoms with E-state index in [2.05, 4.69) is 30.7 Å². The maximum Gasteiger partial charge on any atom is 0.274 e. The van der Waals surface area contributed by atoms with Gasteiger partial charge in [-0.25, -0.2) is 9.37 Å². The molecule has 2 fully saturated rings. The van der Waals surface area contributed by atoms with E-state index >= 15 is 0 Å². The first-order valence-electron chi connectivity index (χ1n) is 13.2. The van der Waals surface area contributed by atoms with Gasteiger partial charge in [0, 0.05) is 41.9 Å². The van der Waals surface area contributed by atoms with E-state index in [1.54, 1.807) is 6.07 Å². The molecule has 3 aromatic rings. The first-order chi connectivity index (χ1) is 18.4. The number of likely N-dealkylation sites (tertiary alicyclic amines) is 1. The molecule has 6 rings (SSSR count). The number of halogens is 1. The molecule has 1 spiro atoms. The van der Waals surface area contributed by atoms with Crippen LogP contribution in [0.4, 0.5) is 4.39 Å². The fourth-order valence-electron chi connectivity index (χ4n) is 6.08. The Bertz CT molecular complexity index is 1380. The number of carbonyl (C=O) groups excluding carboxylic acids is 2. The predicted octanol–water partition coefficient (Wildman–Crippen LogP) is 2.96. The molecule has 1 saturated heterocycles. The maximum absolute atomic E-state index is 14.4. The minimum atomic E-state index is -0.535. The summed E-state index contributed by atoms with van der Waals surface area (Å²) in [6.45, 7) is 3.19. The second kappa shape index (κ2) is 9.52. The highest BCUT2D eigenvalue weighted by Gasteiger charge is 2.54. The second-order valence-corrected chi connectivity index (χ2v) is 10.9. The number of methoxy groups -OCH3 is 1. The number of aryl methyl sites for hydroxylation is 2. The van der Waals surface area contributed by atoms with Gasteiger partial charge in [-0.15, -0.1) is 0 Å². The van der Waals surface area contributed by atoms with Crippen molar-refractivity contribution in [1.82, 2.24) is 35.6 Å². The molecule has 0 aromatic carbocycles. The monoisotopic (exact) mass is 521 g/mol. The molecule has 0 bridgehead atoms. The lowest BCUT2D eigenvalue weighted by Gasteiger charge is -2.39. The Labute approximate surface area is 219 Å².